The monoisotopic (exact) mass is 288 g/mol. The van der Waals surface area contributed by atoms with E-state index in [1.54, 1.807) is 0 Å². The Morgan fingerprint density at radius 2 is 1.95 bits per heavy atom. The molecule has 0 aliphatic heterocycles. The zero-order chi connectivity index (χ0) is 14.7. The van der Waals surface area contributed by atoms with E-state index in [4.69, 9.17) is 5.73 Å². The van der Waals surface area contributed by atoms with Gasteiger partial charge in [0.15, 0.2) is 0 Å². The van der Waals surface area contributed by atoms with E-state index >= 15 is 0 Å². The Bertz CT molecular complexity index is 536. The number of hydrogen-bond acceptors (Lipinski definition) is 3. The molecule has 0 heterocycles. The Kier molecular flexibility index (Phi) is 5.06. The fraction of sp³-hybridized carbons (Fsp3) is 0.538. The molecule has 0 bridgehead atoms. The highest BCUT2D eigenvalue weighted by Gasteiger charge is 2.19. The molecule has 6 heteroatoms. The molecule has 0 saturated heterocycles. The van der Waals surface area contributed by atoms with Crippen LogP contribution in [0.2, 0.25) is 0 Å². The normalized spacial score (nSPS) is 12.7. The van der Waals surface area contributed by atoms with E-state index in [0.717, 1.165) is 6.07 Å². The third-order valence-corrected chi connectivity index (χ3v) is 4.25. The molecule has 1 aromatic carbocycles. The van der Waals surface area contributed by atoms with Gasteiger partial charge in [-0.2, -0.15) is 0 Å². The van der Waals surface area contributed by atoms with Crippen molar-refractivity contribution >= 4 is 10.0 Å². The maximum Gasteiger partial charge on any atom is 0.240 e. The van der Waals surface area contributed by atoms with Gasteiger partial charge in [-0.1, -0.05) is 26.8 Å². The SMILES string of the molecule is CC(C)(C)CCNS(=O)(=O)c1cc(F)ccc1CN. The Morgan fingerprint density at radius 3 is 2.47 bits per heavy atom. The maximum atomic E-state index is 13.2. The van der Waals surface area contributed by atoms with Crippen LogP contribution in [-0.2, 0) is 16.6 Å². The fourth-order valence-electron chi connectivity index (χ4n) is 1.59. The lowest BCUT2D eigenvalue weighted by Crippen LogP contribution is -2.28. The van der Waals surface area contributed by atoms with E-state index in [0.29, 0.717) is 18.5 Å². The average Bonchev–Trinajstić information content (AvgIpc) is 2.27. The average molecular weight is 288 g/mol. The summed E-state index contributed by atoms with van der Waals surface area (Å²) in [7, 11) is -3.72. The van der Waals surface area contributed by atoms with Crippen molar-refractivity contribution in [1.29, 1.82) is 0 Å². The van der Waals surface area contributed by atoms with Crippen molar-refractivity contribution in [3.63, 3.8) is 0 Å². The number of sulfonamides is 1. The van der Waals surface area contributed by atoms with Gasteiger partial charge in [0.25, 0.3) is 0 Å². The van der Waals surface area contributed by atoms with E-state index in [-0.39, 0.29) is 16.9 Å². The second-order valence-corrected chi connectivity index (χ2v) is 7.40. The van der Waals surface area contributed by atoms with Crippen molar-refractivity contribution in [3.8, 4) is 0 Å². The lowest BCUT2D eigenvalue weighted by Gasteiger charge is -2.18. The molecular formula is C13H21FN2O2S. The van der Waals surface area contributed by atoms with E-state index in [9.17, 15) is 12.8 Å². The van der Waals surface area contributed by atoms with Crippen LogP contribution in [0.1, 0.15) is 32.8 Å². The first-order chi connectivity index (χ1) is 8.65. The smallest absolute Gasteiger partial charge is 0.240 e. The first-order valence-corrected chi connectivity index (χ1v) is 7.62. The number of benzene rings is 1. The van der Waals surface area contributed by atoms with Crippen LogP contribution in [-0.4, -0.2) is 15.0 Å². The molecule has 4 nitrogen and oxygen atoms in total. The topological polar surface area (TPSA) is 72.2 Å². The van der Waals surface area contributed by atoms with Gasteiger partial charge in [0, 0.05) is 13.1 Å². The summed E-state index contributed by atoms with van der Waals surface area (Å²) in [5.74, 6) is -0.589. The first kappa shape index (κ1) is 16.1. The van der Waals surface area contributed by atoms with Gasteiger partial charge in [-0.15, -0.1) is 0 Å². The molecule has 1 aromatic rings. The van der Waals surface area contributed by atoms with Crippen molar-refractivity contribution < 1.29 is 12.8 Å². The summed E-state index contributed by atoms with van der Waals surface area (Å²) >= 11 is 0. The fourth-order valence-corrected chi connectivity index (χ4v) is 2.88. The minimum Gasteiger partial charge on any atom is -0.326 e. The predicted octanol–water partition coefficient (Wildman–Crippen LogP) is 2.00. The minimum atomic E-state index is -3.72. The predicted molar refractivity (Wildman–Crippen MR) is 73.6 cm³/mol. The molecular weight excluding hydrogens is 267 g/mol. The van der Waals surface area contributed by atoms with Crippen LogP contribution >= 0.6 is 0 Å². The third kappa shape index (κ3) is 4.89. The van der Waals surface area contributed by atoms with Gasteiger partial charge in [-0.05, 0) is 29.5 Å². The molecule has 0 unspecified atom stereocenters. The van der Waals surface area contributed by atoms with Gasteiger partial charge in [0.2, 0.25) is 10.0 Å². The molecule has 0 spiro atoms. The summed E-state index contributed by atoms with van der Waals surface area (Å²) in [5, 5.41) is 0. The standard InChI is InChI=1S/C13H21FN2O2S/c1-13(2,3)6-7-16-19(17,18)12-8-11(14)5-4-10(12)9-15/h4-5,8,16H,6-7,9,15H2,1-3H3. The van der Waals surface area contributed by atoms with Gasteiger partial charge >= 0.3 is 0 Å². The number of rotatable bonds is 5. The highest BCUT2D eigenvalue weighted by atomic mass is 32.2. The molecule has 0 radical (unpaired) electrons. The molecule has 0 aromatic heterocycles. The third-order valence-electron chi connectivity index (χ3n) is 2.71. The van der Waals surface area contributed by atoms with Crippen LogP contribution in [0.15, 0.2) is 23.1 Å². The Balaban J connectivity index is 2.91. The lowest BCUT2D eigenvalue weighted by molar-refractivity contribution is 0.378. The van der Waals surface area contributed by atoms with E-state index in [2.05, 4.69) is 4.72 Å². The summed E-state index contributed by atoms with van der Waals surface area (Å²) in [5.41, 5.74) is 5.92. The van der Waals surface area contributed by atoms with E-state index < -0.39 is 15.8 Å². The molecule has 0 aliphatic rings. The van der Waals surface area contributed by atoms with E-state index in [1.165, 1.54) is 12.1 Å². The molecule has 0 saturated carbocycles. The Hall–Kier alpha value is -0.980. The summed E-state index contributed by atoms with van der Waals surface area (Å²) in [6, 6.07) is 3.60. The largest absolute Gasteiger partial charge is 0.326 e. The molecule has 0 atom stereocenters. The molecule has 0 aliphatic carbocycles. The molecule has 1 rings (SSSR count). The van der Waals surface area contributed by atoms with Gasteiger partial charge in [-0.3, -0.25) is 0 Å². The van der Waals surface area contributed by atoms with Gasteiger partial charge in [0.1, 0.15) is 5.82 Å². The number of nitrogens with two attached hydrogens (primary N) is 1. The zero-order valence-corrected chi connectivity index (χ0v) is 12.3. The van der Waals surface area contributed by atoms with Crippen LogP contribution in [0.5, 0.6) is 0 Å². The minimum absolute atomic E-state index is 0.0289. The highest BCUT2D eigenvalue weighted by Crippen LogP contribution is 2.19. The highest BCUT2D eigenvalue weighted by molar-refractivity contribution is 7.89. The van der Waals surface area contributed by atoms with Crippen molar-refractivity contribution in [2.24, 2.45) is 11.1 Å². The number of halogens is 1. The van der Waals surface area contributed by atoms with Crippen LogP contribution in [0.3, 0.4) is 0 Å². The van der Waals surface area contributed by atoms with Crippen LogP contribution in [0.25, 0.3) is 0 Å². The quantitative estimate of drug-likeness (QED) is 0.870. The lowest BCUT2D eigenvalue weighted by atomic mass is 9.93. The van der Waals surface area contributed by atoms with Gasteiger partial charge in [-0.25, -0.2) is 17.5 Å². The summed E-state index contributed by atoms with van der Waals surface area (Å²) in [4.78, 5) is -0.0797. The summed E-state index contributed by atoms with van der Waals surface area (Å²) in [6.07, 6.45) is 0.694. The molecule has 108 valence electrons. The Morgan fingerprint density at radius 1 is 1.32 bits per heavy atom. The molecule has 3 N–H and O–H groups in total. The molecule has 0 fully saturated rings. The van der Waals surface area contributed by atoms with Gasteiger partial charge < -0.3 is 5.73 Å². The molecule has 19 heavy (non-hydrogen) atoms. The zero-order valence-electron chi connectivity index (χ0n) is 11.5. The number of hydrogen-bond donors (Lipinski definition) is 2. The van der Waals surface area contributed by atoms with Crippen LogP contribution in [0, 0.1) is 11.2 Å². The summed E-state index contributed by atoms with van der Waals surface area (Å²) in [6.45, 7) is 6.43. The second-order valence-electron chi connectivity index (χ2n) is 5.66. The van der Waals surface area contributed by atoms with Gasteiger partial charge in [0.05, 0.1) is 4.90 Å². The van der Waals surface area contributed by atoms with Crippen LogP contribution in [0.4, 0.5) is 4.39 Å². The maximum absolute atomic E-state index is 13.2. The second kappa shape index (κ2) is 5.98. The van der Waals surface area contributed by atoms with Crippen molar-refractivity contribution in [2.45, 2.75) is 38.6 Å². The van der Waals surface area contributed by atoms with Crippen molar-refractivity contribution in [3.05, 3.63) is 29.6 Å². The van der Waals surface area contributed by atoms with Crippen molar-refractivity contribution in [2.75, 3.05) is 6.54 Å². The molecule has 0 amide bonds. The van der Waals surface area contributed by atoms with Crippen LogP contribution < -0.4 is 10.5 Å². The summed E-state index contributed by atoms with van der Waals surface area (Å²) < 4.78 is 39.9. The van der Waals surface area contributed by atoms with Crippen molar-refractivity contribution in [1.82, 2.24) is 4.72 Å². The first-order valence-electron chi connectivity index (χ1n) is 6.14. The number of nitrogens with one attached hydrogen (secondary N) is 1. The Labute approximate surface area is 114 Å². The van der Waals surface area contributed by atoms with E-state index in [1.807, 2.05) is 20.8 Å².